The highest BCUT2D eigenvalue weighted by atomic mass is 32.2. The van der Waals surface area contributed by atoms with Gasteiger partial charge >= 0.3 is 0 Å². The number of benzene rings is 1. The molecular weight excluding hydrogens is 264 g/mol. The van der Waals surface area contributed by atoms with Gasteiger partial charge in [-0.3, -0.25) is 0 Å². The Balaban J connectivity index is 3.20. The van der Waals surface area contributed by atoms with E-state index in [1.54, 1.807) is 11.8 Å². The standard InChI is InChI=1S/C18H26OS/c1-14(2)10-11-18(4,12-15(3)13-19)16-8-6-7-9-17(16)20-5/h6-10,13,15H,11-12H2,1-5H3. The number of rotatable bonds is 7. The van der Waals surface area contributed by atoms with E-state index < -0.39 is 0 Å². The van der Waals surface area contributed by atoms with Gasteiger partial charge in [-0.15, -0.1) is 11.8 Å². The van der Waals surface area contributed by atoms with Crippen molar-refractivity contribution in [2.24, 2.45) is 5.92 Å². The van der Waals surface area contributed by atoms with Crippen molar-refractivity contribution in [1.82, 2.24) is 0 Å². The molecule has 110 valence electrons. The Labute approximate surface area is 127 Å². The molecule has 0 aromatic heterocycles. The molecule has 2 unspecified atom stereocenters. The van der Waals surface area contributed by atoms with Gasteiger partial charge in [-0.25, -0.2) is 0 Å². The van der Waals surface area contributed by atoms with Gasteiger partial charge in [0.25, 0.3) is 0 Å². The minimum Gasteiger partial charge on any atom is -0.303 e. The maximum absolute atomic E-state index is 11.1. The van der Waals surface area contributed by atoms with Crippen LogP contribution in [0, 0.1) is 5.92 Å². The summed E-state index contributed by atoms with van der Waals surface area (Å²) in [5, 5.41) is 0. The third-order valence-electron chi connectivity index (χ3n) is 3.72. The molecule has 0 aliphatic heterocycles. The van der Waals surface area contributed by atoms with E-state index in [0.29, 0.717) is 0 Å². The predicted octanol–water partition coefficient (Wildman–Crippen LogP) is 5.25. The van der Waals surface area contributed by atoms with Crippen LogP contribution in [-0.4, -0.2) is 12.5 Å². The van der Waals surface area contributed by atoms with Crippen LogP contribution in [0.4, 0.5) is 0 Å². The van der Waals surface area contributed by atoms with Crippen LogP contribution < -0.4 is 0 Å². The van der Waals surface area contributed by atoms with Crippen molar-refractivity contribution in [3.8, 4) is 0 Å². The molecular formula is C18H26OS. The van der Waals surface area contributed by atoms with E-state index in [0.717, 1.165) is 19.1 Å². The molecule has 1 aromatic carbocycles. The summed E-state index contributed by atoms with van der Waals surface area (Å²) in [5.41, 5.74) is 2.70. The fourth-order valence-corrected chi connectivity index (χ4v) is 3.38. The lowest BCUT2D eigenvalue weighted by Crippen LogP contribution is -2.25. The van der Waals surface area contributed by atoms with Crippen LogP contribution >= 0.6 is 11.8 Å². The van der Waals surface area contributed by atoms with Crippen LogP contribution in [0.15, 0.2) is 40.8 Å². The average Bonchev–Trinajstić information content (AvgIpc) is 2.45. The molecule has 0 N–H and O–H groups in total. The highest BCUT2D eigenvalue weighted by Gasteiger charge is 2.29. The lowest BCUT2D eigenvalue weighted by atomic mass is 9.73. The molecule has 0 fully saturated rings. The highest BCUT2D eigenvalue weighted by molar-refractivity contribution is 7.98. The zero-order chi connectivity index (χ0) is 15.2. The van der Waals surface area contributed by atoms with Crippen molar-refractivity contribution in [2.45, 2.75) is 50.8 Å². The SMILES string of the molecule is CSc1ccccc1C(C)(CC=C(C)C)CC(C)C=O. The molecule has 0 spiro atoms. The normalized spacial score (nSPS) is 15.2. The van der Waals surface area contributed by atoms with Crippen LogP contribution in [-0.2, 0) is 10.2 Å². The van der Waals surface area contributed by atoms with Crippen LogP contribution in [0.3, 0.4) is 0 Å². The average molecular weight is 290 g/mol. The molecule has 0 saturated carbocycles. The van der Waals surface area contributed by atoms with Crippen molar-refractivity contribution >= 4 is 18.0 Å². The number of hydrogen-bond acceptors (Lipinski definition) is 2. The number of carbonyl (C=O) groups is 1. The Morgan fingerprint density at radius 3 is 2.55 bits per heavy atom. The first-order valence-corrected chi connectivity index (χ1v) is 8.37. The molecule has 0 bridgehead atoms. The van der Waals surface area contributed by atoms with Gasteiger partial charge in [-0.2, -0.15) is 0 Å². The molecule has 0 saturated heterocycles. The molecule has 0 aliphatic rings. The Morgan fingerprint density at radius 1 is 1.35 bits per heavy atom. The summed E-state index contributed by atoms with van der Waals surface area (Å²) in [5.74, 6) is 0.0838. The summed E-state index contributed by atoms with van der Waals surface area (Å²) in [6, 6.07) is 8.57. The van der Waals surface area contributed by atoms with E-state index in [9.17, 15) is 4.79 Å². The Bertz CT molecular complexity index is 474. The number of hydrogen-bond donors (Lipinski definition) is 0. The van der Waals surface area contributed by atoms with Gasteiger partial charge in [-0.05, 0) is 50.0 Å². The highest BCUT2D eigenvalue weighted by Crippen LogP contribution is 2.39. The maximum atomic E-state index is 11.1. The van der Waals surface area contributed by atoms with Gasteiger partial charge in [0, 0.05) is 10.8 Å². The van der Waals surface area contributed by atoms with Gasteiger partial charge in [0.15, 0.2) is 0 Å². The molecule has 0 heterocycles. The fourth-order valence-electron chi connectivity index (χ4n) is 2.63. The smallest absolute Gasteiger partial charge is 0.122 e. The lowest BCUT2D eigenvalue weighted by Gasteiger charge is -2.32. The monoisotopic (exact) mass is 290 g/mol. The first kappa shape index (κ1) is 17.0. The van der Waals surface area contributed by atoms with Crippen molar-refractivity contribution < 1.29 is 4.79 Å². The zero-order valence-electron chi connectivity index (χ0n) is 13.3. The number of thioether (sulfide) groups is 1. The largest absolute Gasteiger partial charge is 0.303 e. The van der Waals surface area contributed by atoms with Crippen LogP contribution in [0.2, 0.25) is 0 Å². The topological polar surface area (TPSA) is 17.1 Å². The third-order valence-corrected chi connectivity index (χ3v) is 4.52. The molecule has 0 amide bonds. The van der Waals surface area contributed by atoms with Gasteiger partial charge in [0.1, 0.15) is 6.29 Å². The first-order chi connectivity index (χ1) is 9.42. The number of aldehydes is 1. The second-order valence-electron chi connectivity index (χ2n) is 6.06. The Hall–Kier alpha value is -1.02. The van der Waals surface area contributed by atoms with Crippen molar-refractivity contribution in [1.29, 1.82) is 0 Å². The van der Waals surface area contributed by atoms with Crippen molar-refractivity contribution in [2.75, 3.05) is 6.26 Å². The molecule has 0 aliphatic carbocycles. The van der Waals surface area contributed by atoms with Crippen LogP contribution in [0.25, 0.3) is 0 Å². The minimum atomic E-state index is 0.0111. The molecule has 0 radical (unpaired) electrons. The van der Waals surface area contributed by atoms with E-state index in [-0.39, 0.29) is 11.3 Å². The van der Waals surface area contributed by atoms with E-state index in [1.165, 1.54) is 16.0 Å². The molecule has 2 atom stereocenters. The summed E-state index contributed by atoms with van der Waals surface area (Å²) in [7, 11) is 0. The zero-order valence-corrected chi connectivity index (χ0v) is 14.1. The third kappa shape index (κ3) is 4.52. The van der Waals surface area contributed by atoms with Gasteiger partial charge in [-0.1, -0.05) is 43.7 Å². The van der Waals surface area contributed by atoms with Crippen molar-refractivity contribution in [3.63, 3.8) is 0 Å². The summed E-state index contributed by atoms with van der Waals surface area (Å²) in [6.45, 7) is 8.55. The summed E-state index contributed by atoms with van der Waals surface area (Å²) in [4.78, 5) is 12.4. The fraction of sp³-hybridized carbons (Fsp3) is 0.500. The maximum Gasteiger partial charge on any atom is 0.122 e. The summed E-state index contributed by atoms with van der Waals surface area (Å²) in [6.07, 6.45) is 7.34. The second-order valence-corrected chi connectivity index (χ2v) is 6.91. The molecule has 2 heteroatoms. The minimum absolute atomic E-state index is 0.0111. The first-order valence-electron chi connectivity index (χ1n) is 7.15. The number of allylic oxidation sites excluding steroid dienone is 2. The summed E-state index contributed by atoms with van der Waals surface area (Å²) >= 11 is 1.78. The quantitative estimate of drug-likeness (QED) is 0.388. The van der Waals surface area contributed by atoms with Crippen LogP contribution in [0.5, 0.6) is 0 Å². The van der Waals surface area contributed by atoms with Gasteiger partial charge < -0.3 is 4.79 Å². The van der Waals surface area contributed by atoms with Gasteiger partial charge in [0.05, 0.1) is 0 Å². The van der Waals surface area contributed by atoms with Crippen molar-refractivity contribution in [3.05, 3.63) is 41.5 Å². The van der Waals surface area contributed by atoms with E-state index >= 15 is 0 Å². The molecule has 1 aromatic rings. The van der Waals surface area contributed by atoms with Crippen LogP contribution in [0.1, 0.15) is 46.1 Å². The van der Waals surface area contributed by atoms with E-state index in [4.69, 9.17) is 0 Å². The summed E-state index contributed by atoms with van der Waals surface area (Å²) < 4.78 is 0. The van der Waals surface area contributed by atoms with E-state index in [2.05, 4.69) is 57.4 Å². The molecule has 1 rings (SSSR count). The predicted molar refractivity (Wildman–Crippen MR) is 89.5 cm³/mol. The lowest BCUT2D eigenvalue weighted by molar-refractivity contribution is -0.111. The second kappa shape index (κ2) is 7.68. The van der Waals surface area contributed by atoms with E-state index in [1.807, 2.05) is 6.92 Å². The Kier molecular flexibility index (Phi) is 6.54. The Morgan fingerprint density at radius 2 is 2.00 bits per heavy atom. The number of carbonyl (C=O) groups excluding carboxylic acids is 1. The molecule has 1 nitrogen and oxygen atoms in total. The molecule has 20 heavy (non-hydrogen) atoms. The van der Waals surface area contributed by atoms with Gasteiger partial charge in [0.2, 0.25) is 0 Å².